The number of hydrogen-bond donors (Lipinski definition) is 1. The van der Waals surface area contributed by atoms with E-state index in [9.17, 15) is 0 Å². The third-order valence-electron chi connectivity index (χ3n) is 4.28. The number of likely N-dealkylation sites (N-methyl/N-ethyl adjacent to an activating group) is 1. The molecule has 0 aromatic carbocycles. The summed E-state index contributed by atoms with van der Waals surface area (Å²) >= 11 is 0. The summed E-state index contributed by atoms with van der Waals surface area (Å²) in [6.07, 6.45) is 3.11. The zero-order valence-electron chi connectivity index (χ0n) is 14.0. The summed E-state index contributed by atoms with van der Waals surface area (Å²) in [6, 6.07) is 4.88. The Kier molecular flexibility index (Phi) is 6.00. The number of nitrogens with one attached hydrogen (secondary N) is 1. The molecule has 1 aliphatic heterocycles. The molecule has 1 fully saturated rings. The van der Waals surface area contributed by atoms with Gasteiger partial charge in [0.15, 0.2) is 0 Å². The van der Waals surface area contributed by atoms with Crippen molar-refractivity contribution in [1.82, 2.24) is 15.2 Å². The predicted octanol–water partition coefficient (Wildman–Crippen LogP) is 2.36. The molecule has 0 spiro atoms. The van der Waals surface area contributed by atoms with E-state index in [4.69, 9.17) is 0 Å². The molecule has 1 aliphatic rings. The maximum absolute atomic E-state index is 4.66. The van der Waals surface area contributed by atoms with Crippen molar-refractivity contribution in [3.63, 3.8) is 0 Å². The number of piperazine rings is 1. The highest BCUT2D eigenvalue weighted by atomic mass is 15.3. The highest BCUT2D eigenvalue weighted by Gasteiger charge is 2.24. The Labute approximate surface area is 129 Å². The molecule has 0 saturated carbocycles. The van der Waals surface area contributed by atoms with Gasteiger partial charge in [-0.15, -0.1) is 0 Å². The molecule has 1 unspecified atom stereocenters. The Morgan fingerprint density at radius 1 is 1.38 bits per heavy atom. The lowest BCUT2D eigenvalue weighted by molar-refractivity contribution is 0.212. The molecule has 4 heteroatoms. The maximum atomic E-state index is 4.66. The lowest BCUT2D eigenvalue weighted by atomic mass is 10.1. The standard InChI is InChI=1S/C17H30N4/c1-5-16-13-21(10-9-20(16)4)17-15(7-6-8-19-17)12-18-11-14(2)3/h6-8,14,16,18H,5,9-13H2,1-4H3. The molecule has 0 amide bonds. The molecular weight excluding hydrogens is 260 g/mol. The van der Waals surface area contributed by atoms with Gasteiger partial charge in [-0.3, -0.25) is 4.90 Å². The lowest BCUT2D eigenvalue weighted by Crippen LogP contribution is -2.51. The monoisotopic (exact) mass is 290 g/mol. The van der Waals surface area contributed by atoms with Crippen molar-refractivity contribution < 1.29 is 0 Å². The van der Waals surface area contributed by atoms with E-state index in [-0.39, 0.29) is 0 Å². The minimum absolute atomic E-state index is 0.636. The highest BCUT2D eigenvalue weighted by Crippen LogP contribution is 2.21. The summed E-state index contributed by atoms with van der Waals surface area (Å²) in [6.45, 7) is 12.0. The molecule has 0 aliphatic carbocycles. The second kappa shape index (κ2) is 7.76. The van der Waals surface area contributed by atoms with Crippen molar-refractivity contribution in [2.24, 2.45) is 5.92 Å². The number of aromatic nitrogens is 1. The molecule has 0 radical (unpaired) electrons. The zero-order chi connectivity index (χ0) is 15.2. The van der Waals surface area contributed by atoms with Gasteiger partial charge in [0, 0.05) is 44.0 Å². The minimum atomic E-state index is 0.636. The molecule has 2 heterocycles. The number of rotatable bonds is 6. The van der Waals surface area contributed by atoms with Gasteiger partial charge in [0.1, 0.15) is 5.82 Å². The molecule has 0 bridgehead atoms. The lowest BCUT2D eigenvalue weighted by Gasteiger charge is -2.40. The first kappa shape index (κ1) is 16.2. The van der Waals surface area contributed by atoms with Crippen LogP contribution in [-0.2, 0) is 6.54 Å². The number of nitrogens with zero attached hydrogens (tertiary/aromatic N) is 3. The van der Waals surface area contributed by atoms with E-state index < -0.39 is 0 Å². The van der Waals surface area contributed by atoms with Crippen LogP contribution in [0.4, 0.5) is 5.82 Å². The second-order valence-electron chi connectivity index (χ2n) is 6.50. The Balaban J connectivity index is 2.05. The summed E-state index contributed by atoms with van der Waals surface area (Å²) in [5, 5.41) is 3.54. The van der Waals surface area contributed by atoms with Crippen molar-refractivity contribution in [2.75, 3.05) is 38.1 Å². The normalized spacial score (nSPS) is 20.2. The van der Waals surface area contributed by atoms with Crippen molar-refractivity contribution >= 4 is 5.82 Å². The zero-order valence-corrected chi connectivity index (χ0v) is 14.0. The molecule has 1 aromatic rings. The predicted molar refractivity (Wildman–Crippen MR) is 89.7 cm³/mol. The van der Waals surface area contributed by atoms with E-state index in [1.165, 1.54) is 17.8 Å². The molecular formula is C17H30N4. The van der Waals surface area contributed by atoms with Gasteiger partial charge < -0.3 is 10.2 Å². The van der Waals surface area contributed by atoms with E-state index in [2.05, 4.69) is 54.0 Å². The third kappa shape index (κ3) is 4.42. The molecule has 1 atom stereocenters. The number of anilines is 1. The Morgan fingerprint density at radius 3 is 2.90 bits per heavy atom. The van der Waals surface area contributed by atoms with E-state index in [0.29, 0.717) is 12.0 Å². The summed E-state index contributed by atoms with van der Waals surface area (Å²) in [5.41, 5.74) is 1.32. The molecule has 1 N–H and O–H groups in total. The van der Waals surface area contributed by atoms with Crippen LogP contribution in [0.3, 0.4) is 0 Å². The molecule has 21 heavy (non-hydrogen) atoms. The summed E-state index contributed by atoms with van der Waals surface area (Å²) < 4.78 is 0. The van der Waals surface area contributed by atoms with Crippen LogP contribution in [0.5, 0.6) is 0 Å². The first-order chi connectivity index (χ1) is 10.1. The maximum Gasteiger partial charge on any atom is 0.133 e. The smallest absolute Gasteiger partial charge is 0.133 e. The minimum Gasteiger partial charge on any atom is -0.353 e. The summed E-state index contributed by atoms with van der Waals surface area (Å²) in [7, 11) is 2.23. The van der Waals surface area contributed by atoms with Crippen LogP contribution in [0.1, 0.15) is 32.8 Å². The number of pyridine rings is 1. The number of hydrogen-bond acceptors (Lipinski definition) is 4. The summed E-state index contributed by atoms with van der Waals surface area (Å²) in [4.78, 5) is 9.59. The SMILES string of the molecule is CCC1CN(c2ncccc2CNCC(C)C)CCN1C. The Bertz CT molecular complexity index is 433. The van der Waals surface area contributed by atoms with Gasteiger partial charge >= 0.3 is 0 Å². The van der Waals surface area contributed by atoms with Crippen LogP contribution in [0.2, 0.25) is 0 Å². The molecule has 2 rings (SSSR count). The quantitative estimate of drug-likeness (QED) is 0.871. The van der Waals surface area contributed by atoms with Crippen LogP contribution in [-0.4, -0.2) is 49.2 Å². The van der Waals surface area contributed by atoms with Crippen LogP contribution in [0.15, 0.2) is 18.3 Å². The first-order valence-corrected chi connectivity index (χ1v) is 8.21. The fraction of sp³-hybridized carbons (Fsp3) is 0.706. The fourth-order valence-electron chi connectivity index (χ4n) is 2.93. The van der Waals surface area contributed by atoms with Crippen molar-refractivity contribution in [2.45, 2.75) is 39.8 Å². The van der Waals surface area contributed by atoms with Crippen LogP contribution < -0.4 is 10.2 Å². The van der Waals surface area contributed by atoms with Gasteiger partial charge in [-0.25, -0.2) is 4.98 Å². The van der Waals surface area contributed by atoms with E-state index >= 15 is 0 Å². The second-order valence-corrected chi connectivity index (χ2v) is 6.50. The summed E-state index contributed by atoms with van der Waals surface area (Å²) in [5.74, 6) is 1.85. The van der Waals surface area contributed by atoms with Crippen LogP contribution >= 0.6 is 0 Å². The van der Waals surface area contributed by atoms with Gasteiger partial charge in [0.05, 0.1) is 0 Å². The van der Waals surface area contributed by atoms with Crippen LogP contribution in [0, 0.1) is 5.92 Å². The van der Waals surface area contributed by atoms with E-state index in [0.717, 1.165) is 32.7 Å². The first-order valence-electron chi connectivity index (χ1n) is 8.21. The van der Waals surface area contributed by atoms with Gasteiger partial charge in [0.2, 0.25) is 0 Å². The van der Waals surface area contributed by atoms with Gasteiger partial charge in [-0.1, -0.05) is 26.8 Å². The highest BCUT2D eigenvalue weighted by molar-refractivity contribution is 5.47. The molecule has 1 aromatic heterocycles. The third-order valence-corrected chi connectivity index (χ3v) is 4.28. The van der Waals surface area contributed by atoms with Gasteiger partial charge in [-0.05, 0) is 32.0 Å². The Morgan fingerprint density at radius 2 is 2.19 bits per heavy atom. The molecule has 1 saturated heterocycles. The molecule has 118 valence electrons. The average molecular weight is 290 g/mol. The van der Waals surface area contributed by atoms with Crippen molar-refractivity contribution in [3.8, 4) is 0 Å². The Hall–Kier alpha value is -1.13. The van der Waals surface area contributed by atoms with Gasteiger partial charge in [0.25, 0.3) is 0 Å². The molecule has 4 nitrogen and oxygen atoms in total. The average Bonchev–Trinajstić information content (AvgIpc) is 2.48. The van der Waals surface area contributed by atoms with Crippen molar-refractivity contribution in [1.29, 1.82) is 0 Å². The topological polar surface area (TPSA) is 31.4 Å². The van der Waals surface area contributed by atoms with Gasteiger partial charge in [-0.2, -0.15) is 0 Å². The largest absolute Gasteiger partial charge is 0.353 e. The van der Waals surface area contributed by atoms with Crippen molar-refractivity contribution in [3.05, 3.63) is 23.9 Å². The van der Waals surface area contributed by atoms with Crippen LogP contribution in [0.25, 0.3) is 0 Å². The van der Waals surface area contributed by atoms with E-state index in [1.54, 1.807) is 0 Å². The van der Waals surface area contributed by atoms with E-state index in [1.807, 2.05) is 12.3 Å². The fourth-order valence-corrected chi connectivity index (χ4v) is 2.93.